The molecule has 5 nitrogen and oxygen atoms in total. The number of benzene rings is 1. The maximum absolute atomic E-state index is 12.4. The molecular formula is C20H18N2O3S. The third-order valence-electron chi connectivity index (χ3n) is 3.90. The van der Waals surface area contributed by atoms with Gasteiger partial charge < -0.3 is 4.74 Å². The summed E-state index contributed by atoms with van der Waals surface area (Å²) in [5, 5.41) is 2.69. The molecule has 2 heterocycles. The van der Waals surface area contributed by atoms with Gasteiger partial charge in [-0.15, -0.1) is 11.3 Å². The van der Waals surface area contributed by atoms with Crippen molar-refractivity contribution < 1.29 is 14.3 Å². The Morgan fingerprint density at radius 3 is 2.69 bits per heavy atom. The predicted octanol–water partition coefficient (Wildman–Crippen LogP) is 3.99. The molecule has 0 saturated heterocycles. The van der Waals surface area contributed by atoms with E-state index in [0.29, 0.717) is 5.56 Å². The molecule has 26 heavy (non-hydrogen) atoms. The molecule has 6 heteroatoms. The lowest BCUT2D eigenvalue weighted by Crippen LogP contribution is -2.13. The van der Waals surface area contributed by atoms with Gasteiger partial charge in [0.05, 0.1) is 0 Å². The number of aromatic nitrogens is 2. The number of carbonyl (C=O) groups excluding carboxylic acids is 2. The number of carbonyl (C=O) groups is 2. The van der Waals surface area contributed by atoms with Crippen molar-refractivity contribution in [3.63, 3.8) is 0 Å². The SMILES string of the molecule is Cc1cc(C(=O)COC(=O)C=Cc2ccccc2)c(C)n1-c1nccs1. The molecule has 0 atom stereocenters. The largest absolute Gasteiger partial charge is 0.454 e. The van der Waals surface area contributed by atoms with Gasteiger partial charge >= 0.3 is 5.97 Å². The zero-order valence-corrected chi connectivity index (χ0v) is 15.3. The van der Waals surface area contributed by atoms with Crippen LogP contribution < -0.4 is 0 Å². The topological polar surface area (TPSA) is 61.2 Å². The predicted molar refractivity (Wildman–Crippen MR) is 102 cm³/mol. The summed E-state index contributed by atoms with van der Waals surface area (Å²) >= 11 is 1.50. The van der Waals surface area contributed by atoms with Gasteiger partial charge in [0.15, 0.2) is 11.7 Å². The van der Waals surface area contributed by atoms with Crippen LogP contribution in [0.25, 0.3) is 11.2 Å². The third-order valence-corrected chi connectivity index (χ3v) is 4.66. The molecule has 0 aliphatic carbocycles. The van der Waals surface area contributed by atoms with Gasteiger partial charge in [-0.3, -0.25) is 9.36 Å². The van der Waals surface area contributed by atoms with Crippen molar-refractivity contribution in [2.24, 2.45) is 0 Å². The Bertz CT molecular complexity index is 941. The Kier molecular flexibility index (Phi) is 5.43. The molecule has 0 aliphatic heterocycles. The lowest BCUT2D eigenvalue weighted by Gasteiger charge is -2.05. The number of rotatable bonds is 6. The van der Waals surface area contributed by atoms with E-state index in [0.717, 1.165) is 22.1 Å². The summed E-state index contributed by atoms with van der Waals surface area (Å²) in [6, 6.07) is 11.2. The molecule has 0 bridgehead atoms. The average Bonchev–Trinajstić information content (AvgIpc) is 3.26. The summed E-state index contributed by atoms with van der Waals surface area (Å²) in [5.41, 5.74) is 3.13. The van der Waals surface area contributed by atoms with Crippen LogP contribution in [-0.2, 0) is 9.53 Å². The van der Waals surface area contributed by atoms with E-state index in [9.17, 15) is 9.59 Å². The highest BCUT2D eigenvalue weighted by Crippen LogP contribution is 2.22. The molecule has 2 aromatic heterocycles. The molecule has 132 valence electrons. The second-order valence-corrected chi connectivity index (χ2v) is 6.58. The minimum atomic E-state index is -0.545. The third kappa shape index (κ3) is 3.97. The minimum absolute atomic E-state index is 0.234. The Morgan fingerprint density at radius 2 is 2.00 bits per heavy atom. The number of thiazole rings is 1. The summed E-state index contributed by atoms with van der Waals surface area (Å²) in [7, 11) is 0. The lowest BCUT2D eigenvalue weighted by atomic mass is 10.1. The molecule has 0 saturated carbocycles. The van der Waals surface area contributed by atoms with Crippen molar-refractivity contribution in [2.45, 2.75) is 13.8 Å². The van der Waals surface area contributed by atoms with Crippen LogP contribution in [0, 0.1) is 13.8 Å². The van der Waals surface area contributed by atoms with Gasteiger partial charge in [-0.05, 0) is 31.6 Å². The number of nitrogens with zero attached hydrogens (tertiary/aromatic N) is 2. The fraction of sp³-hybridized carbons (Fsp3) is 0.150. The van der Waals surface area contributed by atoms with Gasteiger partial charge in [0.2, 0.25) is 5.78 Å². The number of Topliss-reactive ketones (excluding diaryl/α,β-unsaturated/α-hetero) is 1. The quantitative estimate of drug-likeness (QED) is 0.376. The van der Waals surface area contributed by atoms with E-state index in [1.54, 1.807) is 18.3 Å². The summed E-state index contributed by atoms with van der Waals surface area (Å²) in [6.45, 7) is 3.48. The maximum atomic E-state index is 12.4. The van der Waals surface area contributed by atoms with E-state index in [1.807, 2.05) is 54.1 Å². The molecule has 0 unspecified atom stereocenters. The van der Waals surface area contributed by atoms with Crippen LogP contribution >= 0.6 is 11.3 Å². The molecule has 0 spiro atoms. The van der Waals surface area contributed by atoms with Crippen molar-refractivity contribution in [1.29, 1.82) is 0 Å². The van der Waals surface area contributed by atoms with Crippen molar-refractivity contribution in [3.8, 4) is 5.13 Å². The zero-order valence-electron chi connectivity index (χ0n) is 14.5. The van der Waals surface area contributed by atoms with Gasteiger partial charge in [0, 0.05) is 34.6 Å². The normalized spacial score (nSPS) is 11.0. The van der Waals surface area contributed by atoms with Crippen LogP contribution in [0.4, 0.5) is 0 Å². The fourth-order valence-electron chi connectivity index (χ4n) is 2.66. The van der Waals surface area contributed by atoms with E-state index < -0.39 is 5.97 Å². The van der Waals surface area contributed by atoms with E-state index >= 15 is 0 Å². The second kappa shape index (κ2) is 7.93. The number of hydrogen-bond donors (Lipinski definition) is 0. The molecule has 0 radical (unpaired) electrons. The molecule has 0 aliphatic rings. The van der Waals surface area contributed by atoms with E-state index in [2.05, 4.69) is 4.98 Å². The van der Waals surface area contributed by atoms with Crippen LogP contribution in [0.1, 0.15) is 27.3 Å². The van der Waals surface area contributed by atoms with Gasteiger partial charge in [-0.2, -0.15) is 0 Å². The number of ether oxygens (including phenoxy) is 1. The second-order valence-electron chi connectivity index (χ2n) is 5.71. The number of hydrogen-bond acceptors (Lipinski definition) is 5. The highest BCUT2D eigenvalue weighted by molar-refractivity contribution is 7.12. The van der Waals surface area contributed by atoms with Crippen molar-refractivity contribution >= 4 is 29.2 Å². The average molecular weight is 366 g/mol. The van der Waals surface area contributed by atoms with Crippen LogP contribution in [-0.4, -0.2) is 27.9 Å². The molecule has 0 N–H and O–H groups in total. The first-order valence-electron chi connectivity index (χ1n) is 8.08. The van der Waals surface area contributed by atoms with Crippen molar-refractivity contribution in [1.82, 2.24) is 9.55 Å². The highest BCUT2D eigenvalue weighted by Gasteiger charge is 2.18. The first-order chi connectivity index (χ1) is 12.6. The van der Waals surface area contributed by atoms with Crippen LogP contribution in [0.2, 0.25) is 0 Å². The number of ketones is 1. The molecule has 3 rings (SSSR count). The van der Waals surface area contributed by atoms with Gasteiger partial charge in [-0.25, -0.2) is 9.78 Å². The summed E-state index contributed by atoms with van der Waals surface area (Å²) in [6.07, 6.45) is 4.70. The summed E-state index contributed by atoms with van der Waals surface area (Å²) in [5.74, 6) is -0.779. The fourth-order valence-corrected chi connectivity index (χ4v) is 3.41. The maximum Gasteiger partial charge on any atom is 0.331 e. The zero-order chi connectivity index (χ0) is 18.5. The van der Waals surface area contributed by atoms with Crippen LogP contribution in [0.3, 0.4) is 0 Å². The minimum Gasteiger partial charge on any atom is -0.454 e. The molecule has 0 fully saturated rings. The lowest BCUT2D eigenvalue weighted by molar-refractivity contribution is -0.136. The molecule has 1 aromatic carbocycles. The van der Waals surface area contributed by atoms with Gasteiger partial charge in [0.1, 0.15) is 0 Å². The van der Waals surface area contributed by atoms with Gasteiger partial charge in [0.25, 0.3) is 0 Å². The van der Waals surface area contributed by atoms with E-state index in [-0.39, 0.29) is 12.4 Å². The van der Waals surface area contributed by atoms with Gasteiger partial charge in [-0.1, -0.05) is 30.3 Å². The summed E-state index contributed by atoms with van der Waals surface area (Å²) in [4.78, 5) is 28.6. The standard InChI is InChI=1S/C20H18N2O3S/c1-14-12-17(15(2)22(14)20-21-10-11-26-20)18(23)13-25-19(24)9-8-16-6-4-3-5-7-16/h3-12H,13H2,1-2H3. The van der Waals surface area contributed by atoms with Crippen molar-refractivity contribution in [2.75, 3.05) is 6.61 Å². The molecule has 3 aromatic rings. The van der Waals surface area contributed by atoms with Crippen LogP contribution in [0.5, 0.6) is 0 Å². The number of aryl methyl sites for hydroxylation is 1. The smallest absolute Gasteiger partial charge is 0.331 e. The number of esters is 1. The van der Waals surface area contributed by atoms with E-state index in [1.165, 1.54) is 17.4 Å². The first kappa shape index (κ1) is 17.8. The molecule has 0 amide bonds. The Labute approximate surface area is 155 Å². The van der Waals surface area contributed by atoms with Crippen molar-refractivity contribution in [3.05, 3.63) is 76.6 Å². The highest BCUT2D eigenvalue weighted by atomic mass is 32.1. The Hall–Kier alpha value is -2.99. The Balaban J connectivity index is 1.65. The Morgan fingerprint density at radius 1 is 1.23 bits per heavy atom. The van der Waals surface area contributed by atoms with Crippen LogP contribution in [0.15, 0.2) is 54.1 Å². The molecular weight excluding hydrogens is 348 g/mol. The first-order valence-corrected chi connectivity index (χ1v) is 8.96. The summed E-state index contributed by atoms with van der Waals surface area (Å²) < 4.78 is 7.00. The van der Waals surface area contributed by atoms with E-state index in [4.69, 9.17) is 4.74 Å². The monoisotopic (exact) mass is 366 g/mol.